The van der Waals surface area contributed by atoms with Crippen molar-refractivity contribution in [2.45, 2.75) is 115 Å². The van der Waals surface area contributed by atoms with E-state index in [1.54, 1.807) is 0 Å². The van der Waals surface area contributed by atoms with Crippen LogP contribution in [0.1, 0.15) is 103 Å². The van der Waals surface area contributed by atoms with Gasteiger partial charge in [-0.3, -0.25) is 0 Å². The topological polar surface area (TPSA) is 15.7 Å². The van der Waals surface area contributed by atoms with Crippen LogP contribution in [0, 0.1) is 0 Å². The zero-order valence-corrected chi connectivity index (χ0v) is 27.7. The van der Waals surface area contributed by atoms with Gasteiger partial charge in [0, 0.05) is 34.0 Å². The lowest BCUT2D eigenvalue weighted by atomic mass is 9.64. The summed E-state index contributed by atoms with van der Waals surface area (Å²) in [6, 6.07) is 17.5. The molecule has 0 bridgehead atoms. The smallest absolute Gasteiger partial charge is 0.0803 e. The van der Waals surface area contributed by atoms with Crippen molar-refractivity contribution in [2.24, 2.45) is 0 Å². The van der Waals surface area contributed by atoms with Crippen LogP contribution in [0.4, 0.5) is 0 Å². The third-order valence-electron chi connectivity index (χ3n) is 10.5. The summed E-state index contributed by atoms with van der Waals surface area (Å²) >= 11 is 12.8. The van der Waals surface area contributed by atoms with Gasteiger partial charge >= 0.3 is 0 Å². The molecule has 2 aromatic carbocycles. The Hall–Kier alpha value is -1.10. The molecule has 2 aromatic rings. The van der Waals surface area contributed by atoms with Crippen LogP contribution in [-0.2, 0) is 15.6 Å². The Bertz CT molecular complexity index is 937. The molecule has 0 aliphatic heterocycles. The third-order valence-corrected chi connectivity index (χ3v) is 11.0. The fraction of sp³-hybridized carbons (Fsp3) is 0.667. The van der Waals surface area contributed by atoms with E-state index in [2.05, 4.69) is 86.0 Å². The van der Waals surface area contributed by atoms with Gasteiger partial charge in [-0.1, -0.05) is 114 Å². The monoisotopic (exact) mass is 600 g/mol. The van der Waals surface area contributed by atoms with Crippen molar-refractivity contribution in [2.75, 3.05) is 39.3 Å². The highest BCUT2D eigenvalue weighted by Crippen LogP contribution is 2.48. The number of hydrogen-bond acceptors (Lipinski definition) is 3. The second-order valence-corrected chi connectivity index (χ2v) is 13.4. The van der Waals surface area contributed by atoms with Gasteiger partial charge in [0.15, 0.2) is 0 Å². The van der Waals surface area contributed by atoms with Gasteiger partial charge in [-0.05, 0) is 87.3 Å². The molecule has 2 unspecified atom stereocenters. The molecule has 0 saturated heterocycles. The maximum atomic E-state index is 7.82. The fourth-order valence-corrected chi connectivity index (χ4v) is 8.10. The number of hydrogen-bond donors (Lipinski definition) is 0. The van der Waals surface area contributed by atoms with Gasteiger partial charge in [-0.15, -0.1) is 0 Å². The van der Waals surface area contributed by atoms with Crippen molar-refractivity contribution in [3.05, 3.63) is 69.7 Å². The highest BCUT2D eigenvalue weighted by atomic mass is 35.5. The zero-order chi connectivity index (χ0) is 29.3. The normalized spacial score (nSPS) is 20.3. The molecule has 0 N–H and O–H groups in total. The average molecular weight is 602 g/mol. The van der Waals surface area contributed by atoms with Gasteiger partial charge in [0.1, 0.15) is 0 Å². The van der Waals surface area contributed by atoms with Crippen LogP contribution in [0.25, 0.3) is 0 Å². The summed E-state index contributed by atoms with van der Waals surface area (Å²) in [6.45, 7) is 15.2. The molecule has 0 aromatic heterocycles. The standard InChI is InChI=1S/C36H54Cl2N2O/c1-5-39(6-2)27-33(35(23-11-9-12-24-35)29-15-19-31(37)20-16-29)41-34(28-40(7-3)8-4)36(25-13-10-14-26-36)30-17-21-32(38)22-18-30/h15-22,33-34H,5-14,23-28H2,1-4H3. The first-order chi connectivity index (χ1) is 19.9. The molecule has 228 valence electrons. The van der Waals surface area contributed by atoms with Crippen LogP contribution in [0.2, 0.25) is 10.0 Å². The molecule has 5 heteroatoms. The molecule has 3 nitrogen and oxygen atoms in total. The Kier molecular flexibility index (Phi) is 12.5. The van der Waals surface area contributed by atoms with Gasteiger partial charge in [0.25, 0.3) is 0 Å². The van der Waals surface area contributed by atoms with Crippen LogP contribution >= 0.6 is 23.2 Å². The third kappa shape index (κ3) is 7.71. The predicted octanol–water partition coefficient (Wildman–Crippen LogP) is 9.53. The Morgan fingerprint density at radius 1 is 0.561 bits per heavy atom. The summed E-state index contributed by atoms with van der Waals surface area (Å²) in [5.74, 6) is 0. The maximum absolute atomic E-state index is 7.82. The van der Waals surface area contributed by atoms with Crippen molar-refractivity contribution in [3.8, 4) is 0 Å². The molecule has 0 heterocycles. The van der Waals surface area contributed by atoms with Crippen LogP contribution in [0.5, 0.6) is 0 Å². The van der Waals surface area contributed by atoms with Crippen molar-refractivity contribution in [1.29, 1.82) is 0 Å². The summed E-state index contributed by atoms with van der Waals surface area (Å²) in [6.07, 6.45) is 12.5. The van der Waals surface area contributed by atoms with Gasteiger partial charge in [0.2, 0.25) is 0 Å². The summed E-state index contributed by atoms with van der Waals surface area (Å²) in [5, 5.41) is 1.62. The molecule has 2 aliphatic carbocycles. The van der Waals surface area contributed by atoms with Gasteiger partial charge in [-0.25, -0.2) is 0 Å². The van der Waals surface area contributed by atoms with Gasteiger partial charge in [-0.2, -0.15) is 0 Å². The number of ether oxygens (including phenoxy) is 1. The van der Waals surface area contributed by atoms with Crippen molar-refractivity contribution < 1.29 is 4.74 Å². The molecule has 0 radical (unpaired) electrons. The molecule has 0 amide bonds. The number of benzene rings is 2. The molecular weight excluding hydrogens is 547 g/mol. The van der Waals surface area contributed by atoms with Gasteiger partial charge in [0.05, 0.1) is 12.2 Å². The van der Waals surface area contributed by atoms with E-state index in [0.717, 1.165) is 49.3 Å². The number of nitrogens with zero attached hydrogens (tertiary/aromatic N) is 2. The Morgan fingerprint density at radius 3 is 1.17 bits per heavy atom. The molecule has 2 atom stereocenters. The maximum Gasteiger partial charge on any atom is 0.0803 e. The van der Waals surface area contributed by atoms with E-state index in [1.807, 2.05) is 0 Å². The Morgan fingerprint density at radius 2 is 0.878 bits per heavy atom. The molecule has 41 heavy (non-hydrogen) atoms. The molecule has 0 spiro atoms. The van der Waals surface area contributed by atoms with Crippen LogP contribution in [0.3, 0.4) is 0 Å². The minimum atomic E-state index is -0.0111. The summed E-state index contributed by atoms with van der Waals surface area (Å²) < 4.78 is 7.82. The van der Waals surface area contributed by atoms with Crippen molar-refractivity contribution >= 4 is 23.2 Å². The molecule has 2 fully saturated rings. The van der Waals surface area contributed by atoms with E-state index in [4.69, 9.17) is 27.9 Å². The van der Waals surface area contributed by atoms with Crippen molar-refractivity contribution in [1.82, 2.24) is 9.80 Å². The van der Waals surface area contributed by atoms with Gasteiger partial charge < -0.3 is 14.5 Å². The SMILES string of the molecule is CCN(CC)CC(OC(CN(CC)CC)C1(c2ccc(Cl)cc2)CCCCC1)C1(c2ccc(Cl)cc2)CCCCC1. The molecule has 2 saturated carbocycles. The van der Waals surface area contributed by atoms with E-state index in [9.17, 15) is 0 Å². The Labute approximate surface area is 260 Å². The van der Waals surface area contributed by atoms with E-state index in [-0.39, 0.29) is 23.0 Å². The second kappa shape index (κ2) is 15.6. The Balaban J connectivity index is 1.84. The average Bonchev–Trinajstić information content (AvgIpc) is 3.02. The first kappa shape index (κ1) is 32.8. The van der Waals surface area contributed by atoms with E-state index < -0.39 is 0 Å². The van der Waals surface area contributed by atoms with E-state index in [1.165, 1.54) is 75.3 Å². The number of halogens is 2. The summed E-state index contributed by atoms with van der Waals surface area (Å²) in [5.41, 5.74) is 2.79. The minimum Gasteiger partial charge on any atom is -0.370 e. The predicted molar refractivity (Wildman–Crippen MR) is 177 cm³/mol. The van der Waals surface area contributed by atoms with E-state index >= 15 is 0 Å². The zero-order valence-electron chi connectivity index (χ0n) is 26.1. The lowest BCUT2D eigenvalue weighted by Crippen LogP contribution is -2.56. The molecule has 2 aliphatic rings. The van der Waals surface area contributed by atoms with Crippen LogP contribution in [-0.4, -0.2) is 61.3 Å². The highest BCUT2D eigenvalue weighted by Gasteiger charge is 2.48. The van der Waals surface area contributed by atoms with Crippen LogP contribution in [0.15, 0.2) is 48.5 Å². The van der Waals surface area contributed by atoms with E-state index in [0.29, 0.717) is 0 Å². The number of rotatable bonds is 14. The fourth-order valence-electron chi connectivity index (χ4n) is 7.85. The largest absolute Gasteiger partial charge is 0.370 e. The summed E-state index contributed by atoms with van der Waals surface area (Å²) in [4.78, 5) is 5.17. The lowest BCUT2D eigenvalue weighted by Gasteiger charge is -2.51. The lowest BCUT2D eigenvalue weighted by molar-refractivity contribution is -0.121. The first-order valence-electron chi connectivity index (χ1n) is 16.5. The quantitative estimate of drug-likeness (QED) is 0.215. The first-order valence-corrected chi connectivity index (χ1v) is 17.3. The molecular formula is C36H54Cl2N2O. The minimum absolute atomic E-state index is 0.0111. The summed E-state index contributed by atoms with van der Waals surface area (Å²) in [7, 11) is 0. The molecule has 4 rings (SSSR count). The number of likely N-dealkylation sites (N-methyl/N-ethyl adjacent to an activating group) is 2. The van der Waals surface area contributed by atoms with Crippen LogP contribution < -0.4 is 0 Å². The second-order valence-electron chi connectivity index (χ2n) is 12.5. The van der Waals surface area contributed by atoms with Crippen molar-refractivity contribution in [3.63, 3.8) is 0 Å². The highest BCUT2D eigenvalue weighted by molar-refractivity contribution is 6.30.